The molecule has 1 amide bonds. The average molecular weight is 535 g/mol. The minimum atomic E-state index is -2.51. The maximum atomic E-state index is 14.4. The van der Waals surface area contributed by atoms with E-state index in [2.05, 4.69) is 76.9 Å². The zero-order valence-electron chi connectivity index (χ0n) is 22.7. The summed E-state index contributed by atoms with van der Waals surface area (Å²) >= 11 is 0. The lowest BCUT2D eigenvalue weighted by molar-refractivity contribution is -0.0678. The molecule has 4 aromatic rings. The molecule has 39 heavy (non-hydrogen) atoms. The van der Waals surface area contributed by atoms with Crippen molar-refractivity contribution >= 4 is 24.6 Å². The zero-order chi connectivity index (χ0) is 27.0. The molecule has 0 spiro atoms. The number of carbonyl (C=O) groups excluding carboxylic acids is 1. The lowest BCUT2D eigenvalue weighted by Crippen LogP contribution is -2.66. The molecule has 0 N–H and O–H groups in total. The van der Waals surface area contributed by atoms with Crippen LogP contribution >= 0.6 is 0 Å². The summed E-state index contributed by atoms with van der Waals surface area (Å²) < 4.78 is 7.04. The molecular formula is C32H34N4O2Si. The van der Waals surface area contributed by atoms with Gasteiger partial charge in [0.05, 0.1) is 18.2 Å². The van der Waals surface area contributed by atoms with Crippen LogP contribution in [0.2, 0.25) is 6.55 Å². The second-order valence-electron chi connectivity index (χ2n) is 11.0. The first-order valence-electron chi connectivity index (χ1n) is 13.8. The van der Waals surface area contributed by atoms with Crippen LogP contribution in [0.5, 0.6) is 0 Å². The van der Waals surface area contributed by atoms with Crippen LogP contribution in [0.3, 0.4) is 0 Å². The van der Waals surface area contributed by atoms with E-state index in [4.69, 9.17) is 9.41 Å². The average Bonchev–Trinajstić information content (AvgIpc) is 2.96. The van der Waals surface area contributed by atoms with E-state index in [9.17, 15) is 4.79 Å². The van der Waals surface area contributed by atoms with E-state index < -0.39 is 8.32 Å². The Bertz CT molecular complexity index is 1410. The molecule has 1 unspecified atom stereocenters. The van der Waals surface area contributed by atoms with Crippen molar-refractivity contribution < 1.29 is 9.22 Å². The van der Waals surface area contributed by atoms with Gasteiger partial charge in [0.15, 0.2) is 5.82 Å². The molecule has 7 rings (SSSR count). The Morgan fingerprint density at radius 2 is 1.54 bits per heavy atom. The number of aromatic nitrogens is 3. The van der Waals surface area contributed by atoms with E-state index in [0.29, 0.717) is 35.5 Å². The Hall–Kier alpha value is -3.68. The predicted octanol–water partition coefficient (Wildman–Crippen LogP) is 4.49. The van der Waals surface area contributed by atoms with E-state index in [-0.39, 0.29) is 18.0 Å². The van der Waals surface area contributed by atoms with Crippen molar-refractivity contribution in [2.24, 2.45) is 11.8 Å². The third-order valence-corrected chi connectivity index (χ3v) is 12.3. The van der Waals surface area contributed by atoms with Crippen LogP contribution in [-0.2, 0) is 4.43 Å². The largest absolute Gasteiger partial charge is 0.406 e. The normalized spacial score (nSPS) is 22.3. The van der Waals surface area contributed by atoms with E-state index in [1.165, 1.54) is 10.4 Å². The lowest BCUT2D eigenvalue weighted by atomic mass is 9.64. The number of nitrogens with zero attached hydrogens (tertiary/aromatic N) is 4. The maximum absolute atomic E-state index is 14.4. The van der Waals surface area contributed by atoms with E-state index in [1.54, 1.807) is 18.5 Å². The van der Waals surface area contributed by atoms with Gasteiger partial charge < -0.3 is 9.33 Å². The number of piperidine rings is 2. The van der Waals surface area contributed by atoms with Gasteiger partial charge in [-0.15, -0.1) is 0 Å². The fourth-order valence-corrected chi connectivity index (χ4v) is 9.06. The Morgan fingerprint density at radius 3 is 2.15 bits per heavy atom. The van der Waals surface area contributed by atoms with Crippen LogP contribution < -0.4 is 10.4 Å². The molecule has 2 bridgehead atoms. The van der Waals surface area contributed by atoms with Crippen molar-refractivity contribution in [1.82, 2.24) is 19.9 Å². The summed E-state index contributed by atoms with van der Waals surface area (Å²) in [5.41, 5.74) is 1.90. The highest BCUT2D eigenvalue weighted by molar-refractivity contribution is 6.96. The van der Waals surface area contributed by atoms with Crippen molar-refractivity contribution in [1.29, 1.82) is 0 Å². The van der Waals surface area contributed by atoms with Crippen LogP contribution in [0.15, 0.2) is 91.3 Å². The van der Waals surface area contributed by atoms with Crippen molar-refractivity contribution in [3.8, 4) is 11.4 Å². The van der Waals surface area contributed by atoms with Gasteiger partial charge >= 0.3 is 0 Å². The molecule has 198 valence electrons. The fourth-order valence-electron chi connectivity index (χ4n) is 6.23. The molecule has 2 saturated heterocycles. The van der Waals surface area contributed by atoms with E-state index >= 15 is 0 Å². The molecule has 2 aromatic carbocycles. The number of hydrogen-bond donors (Lipinski definition) is 0. The first kappa shape index (κ1) is 25.6. The number of benzene rings is 2. The van der Waals surface area contributed by atoms with Crippen molar-refractivity contribution in [3.63, 3.8) is 0 Å². The number of fused-ring (bicyclic) bond motifs is 2. The Morgan fingerprint density at radius 1 is 0.923 bits per heavy atom. The van der Waals surface area contributed by atoms with E-state index in [0.717, 1.165) is 18.5 Å². The van der Waals surface area contributed by atoms with Gasteiger partial charge in [-0.25, -0.2) is 15.0 Å². The number of amides is 1. The maximum Gasteiger partial charge on any atom is 0.273 e. The predicted molar refractivity (Wildman–Crippen MR) is 155 cm³/mol. The lowest BCUT2D eigenvalue weighted by Gasteiger charge is -2.57. The highest BCUT2D eigenvalue weighted by atomic mass is 28.4. The molecular weight excluding hydrogens is 500 g/mol. The molecule has 7 heteroatoms. The Balaban J connectivity index is 1.35. The third-order valence-electron chi connectivity index (χ3n) is 8.72. The van der Waals surface area contributed by atoms with Gasteiger partial charge in [-0.2, -0.15) is 0 Å². The Kier molecular flexibility index (Phi) is 6.87. The fraction of sp³-hybridized carbons (Fsp3) is 0.312. The topological polar surface area (TPSA) is 68.2 Å². The number of aryl methyl sites for hydroxylation is 1. The monoisotopic (exact) mass is 534 g/mol. The number of rotatable bonds is 7. The minimum absolute atomic E-state index is 0.0268. The zero-order valence-corrected chi connectivity index (χ0v) is 23.7. The first-order chi connectivity index (χ1) is 19.0. The summed E-state index contributed by atoms with van der Waals surface area (Å²) in [7, 11) is -2.51. The quantitative estimate of drug-likeness (QED) is 0.327. The SMILES string of the molecule is Cc1ccc(-c2ncccn2)c(C(=O)N2C3CC(C3)[C@H](C)C2CO[Si](C)(c2ccccc2)c2ccccc2)n1. The van der Waals surface area contributed by atoms with Crippen LogP contribution in [-0.4, -0.2) is 52.8 Å². The number of pyridine rings is 1. The minimum Gasteiger partial charge on any atom is -0.406 e. The summed E-state index contributed by atoms with van der Waals surface area (Å²) in [6.45, 7) is 6.96. The van der Waals surface area contributed by atoms with E-state index in [1.807, 2.05) is 31.2 Å². The Labute approximate surface area is 231 Å². The van der Waals surface area contributed by atoms with Crippen LogP contribution in [0.4, 0.5) is 0 Å². The number of carbonyl (C=O) groups is 1. The summed E-state index contributed by atoms with van der Waals surface area (Å²) in [5, 5.41) is 2.46. The summed E-state index contributed by atoms with van der Waals surface area (Å²) in [5.74, 6) is 1.43. The van der Waals surface area contributed by atoms with Crippen molar-refractivity contribution in [3.05, 3.63) is 103 Å². The molecule has 1 saturated carbocycles. The van der Waals surface area contributed by atoms with Crippen molar-refractivity contribution in [2.75, 3.05) is 6.61 Å². The van der Waals surface area contributed by atoms with Crippen LogP contribution in [0.25, 0.3) is 11.4 Å². The molecule has 3 aliphatic rings. The molecule has 2 aromatic heterocycles. The standard InChI is InChI=1S/C32H34N4O2Si/c1-22-15-16-28(31-33-17-10-18-34-31)30(35-22)32(37)36-25-19-24(20-25)23(2)29(36)21-38-39(3,26-11-6-4-7-12-26)27-13-8-5-9-14-27/h4-18,23-25,29H,19-21H2,1-3H3/t23-,24?,25?,29?/m0/s1. The molecule has 0 radical (unpaired) electrons. The molecule has 3 fully saturated rings. The summed E-state index contributed by atoms with van der Waals surface area (Å²) in [6.07, 6.45) is 5.48. The smallest absolute Gasteiger partial charge is 0.273 e. The molecule has 1 aliphatic carbocycles. The summed E-state index contributed by atoms with van der Waals surface area (Å²) in [4.78, 5) is 30.0. The van der Waals surface area contributed by atoms with Gasteiger partial charge in [0, 0.05) is 24.1 Å². The van der Waals surface area contributed by atoms with Crippen molar-refractivity contribution in [2.45, 2.75) is 45.3 Å². The van der Waals surface area contributed by atoms with Gasteiger partial charge in [0.25, 0.3) is 14.2 Å². The summed E-state index contributed by atoms with van der Waals surface area (Å²) in [6, 6.07) is 26.9. The third kappa shape index (κ3) is 4.70. The van der Waals surface area contributed by atoms with Gasteiger partial charge in [-0.3, -0.25) is 4.79 Å². The second-order valence-corrected chi connectivity index (χ2v) is 14.5. The highest BCUT2D eigenvalue weighted by Crippen LogP contribution is 2.47. The van der Waals surface area contributed by atoms with Gasteiger partial charge in [-0.1, -0.05) is 67.6 Å². The van der Waals surface area contributed by atoms with Crippen LogP contribution in [0.1, 0.15) is 35.9 Å². The first-order valence-corrected chi connectivity index (χ1v) is 16.2. The van der Waals surface area contributed by atoms with Gasteiger partial charge in [-0.05, 0) is 66.7 Å². The van der Waals surface area contributed by atoms with Crippen LogP contribution in [0, 0.1) is 18.8 Å². The number of hydrogen-bond acceptors (Lipinski definition) is 5. The highest BCUT2D eigenvalue weighted by Gasteiger charge is 2.52. The molecule has 4 heterocycles. The molecule has 2 atom stereocenters. The molecule has 2 aliphatic heterocycles. The molecule has 6 nitrogen and oxygen atoms in total. The van der Waals surface area contributed by atoms with Gasteiger partial charge in [0.1, 0.15) is 5.69 Å². The second kappa shape index (κ2) is 10.5. The van der Waals surface area contributed by atoms with Gasteiger partial charge in [0.2, 0.25) is 0 Å².